The van der Waals surface area contributed by atoms with E-state index in [-0.39, 0.29) is 6.04 Å². The van der Waals surface area contributed by atoms with Gasteiger partial charge in [0.25, 0.3) is 0 Å². The highest BCUT2D eigenvalue weighted by atomic mass is 15.2. The van der Waals surface area contributed by atoms with Gasteiger partial charge in [0.1, 0.15) is 0 Å². The summed E-state index contributed by atoms with van der Waals surface area (Å²) in [4.78, 5) is 4.88. The first-order valence-electron chi connectivity index (χ1n) is 24.7. The summed E-state index contributed by atoms with van der Waals surface area (Å²) in [5.41, 5.74) is 20.4. The molecule has 0 fully saturated rings. The summed E-state index contributed by atoms with van der Waals surface area (Å²) in [5.74, 6) is 0.345. The molecule has 1 aliphatic heterocycles. The Kier molecular flexibility index (Phi) is 10.6. The first kappa shape index (κ1) is 42.1. The molecule has 2 aliphatic rings. The largest absolute Gasteiger partial charge is 0.333 e. The summed E-state index contributed by atoms with van der Waals surface area (Å²) >= 11 is 0. The molecule has 1 heterocycles. The maximum Gasteiger partial charge on any atom is 0.0629 e. The maximum absolute atomic E-state index is 2.51. The van der Waals surface area contributed by atoms with E-state index in [1.54, 1.807) is 0 Å². The highest BCUT2D eigenvalue weighted by molar-refractivity contribution is 5.99. The van der Waals surface area contributed by atoms with Crippen molar-refractivity contribution < 1.29 is 0 Å². The standard InChI is InChI=1S/C69H50N2/c1-47-29-42-65-55(43-47)20-12-26-64(65)57-19-9-16-53(45-57)49-32-38-59(39-33-49)70(58-36-30-48(31-37-58)52-15-8-18-56(44-52)63-25-11-14-51-13-2-3-22-62(51)63)60-40-34-50(35-41-60)54-17-10-21-61(46-54)71-68-27-6-4-23-66(68)67-24-5-7-28-69(67)71/h2-46,66,68H,1H3. The molecule has 1 aliphatic carbocycles. The first-order valence-corrected chi connectivity index (χ1v) is 24.7. The molecule has 0 radical (unpaired) electrons. The van der Waals surface area contributed by atoms with Gasteiger partial charge in [0.15, 0.2) is 0 Å². The quantitative estimate of drug-likeness (QED) is 0.142. The molecule has 11 aromatic carbocycles. The van der Waals surface area contributed by atoms with Crippen LogP contribution in [0.25, 0.3) is 77.2 Å². The molecule has 0 bridgehead atoms. The topological polar surface area (TPSA) is 6.48 Å². The molecule has 2 unspecified atom stereocenters. The number of hydrogen-bond donors (Lipinski definition) is 0. The zero-order valence-corrected chi connectivity index (χ0v) is 39.5. The Balaban J connectivity index is 0.846. The van der Waals surface area contributed by atoms with Crippen LogP contribution >= 0.6 is 0 Å². The van der Waals surface area contributed by atoms with Gasteiger partial charge in [0, 0.05) is 34.4 Å². The Bertz CT molecular complexity index is 3840. The van der Waals surface area contributed by atoms with Crippen LogP contribution in [0.1, 0.15) is 17.0 Å². The van der Waals surface area contributed by atoms with E-state index in [0.717, 1.165) is 17.1 Å². The molecule has 0 saturated heterocycles. The zero-order chi connectivity index (χ0) is 47.3. The van der Waals surface area contributed by atoms with Gasteiger partial charge in [-0.15, -0.1) is 0 Å². The number of para-hydroxylation sites is 1. The van der Waals surface area contributed by atoms with Gasteiger partial charge in [-0.05, 0) is 156 Å². The monoisotopic (exact) mass is 906 g/mol. The van der Waals surface area contributed by atoms with Crippen molar-refractivity contribution in [3.05, 3.63) is 284 Å². The fraction of sp³-hybridized carbons (Fsp3) is 0.0435. The number of hydrogen-bond acceptors (Lipinski definition) is 2. The SMILES string of the molecule is Cc1ccc2c(-c3cccc(-c4ccc(N(c5ccc(-c6cccc(-c7cccc8ccccc78)c6)cc5)c5ccc(-c6cccc(N7c8ccccc8C8C=CC=CC87)c6)cc5)cc4)c3)cccc2c1. The number of benzene rings is 11. The van der Waals surface area contributed by atoms with E-state index in [0.29, 0.717) is 5.92 Å². The molecule has 0 N–H and O–H groups in total. The predicted octanol–water partition coefficient (Wildman–Crippen LogP) is 18.8. The highest BCUT2D eigenvalue weighted by Crippen LogP contribution is 2.48. The van der Waals surface area contributed by atoms with Gasteiger partial charge in [0.2, 0.25) is 0 Å². The Morgan fingerprint density at radius 3 is 1.49 bits per heavy atom. The van der Waals surface area contributed by atoms with Gasteiger partial charge >= 0.3 is 0 Å². The number of rotatable bonds is 9. The van der Waals surface area contributed by atoms with Crippen molar-refractivity contribution >= 4 is 50.0 Å². The lowest BCUT2D eigenvalue weighted by molar-refractivity contribution is 0.745. The van der Waals surface area contributed by atoms with Gasteiger partial charge in [-0.2, -0.15) is 0 Å². The third-order valence-electron chi connectivity index (χ3n) is 14.6. The van der Waals surface area contributed by atoms with Crippen LogP contribution in [0.2, 0.25) is 0 Å². The predicted molar refractivity (Wildman–Crippen MR) is 301 cm³/mol. The lowest BCUT2D eigenvalue weighted by Gasteiger charge is -2.29. The number of aryl methyl sites for hydroxylation is 1. The smallest absolute Gasteiger partial charge is 0.0629 e. The molecule has 71 heavy (non-hydrogen) atoms. The van der Waals surface area contributed by atoms with Crippen LogP contribution in [0, 0.1) is 6.92 Å². The van der Waals surface area contributed by atoms with Crippen LogP contribution in [-0.2, 0) is 0 Å². The summed E-state index contributed by atoms with van der Waals surface area (Å²) in [6.07, 6.45) is 9.05. The zero-order valence-electron chi connectivity index (χ0n) is 39.5. The maximum atomic E-state index is 2.51. The van der Waals surface area contributed by atoms with Crippen molar-refractivity contribution in [1.29, 1.82) is 0 Å². The number of anilines is 5. The average Bonchev–Trinajstić information content (AvgIpc) is 3.78. The van der Waals surface area contributed by atoms with E-state index in [4.69, 9.17) is 0 Å². The molecular formula is C69H50N2. The lowest BCUT2D eigenvalue weighted by atomic mass is 9.91. The highest BCUT2D eigenvalue weighted by Gasteiger charge is 2.37. The number of allylic oxidation sites excluding steroid dienone is 2. The Hall–Kier alpha value is -8.98. The summed E-state index contributed by atoms with van der Waals surface area (Å²) in [5, 5.41) is 5.05. The normalized spacial score (nSPS) is 14.7. The van der Waals surface area contributed by atoms with E-state index in [1.165, 1.54) is 99.7 Å². The van der Waals surface area contributed by atoms with Crippen molar-refractivity contribution in [3.63, 3.8) is 0 Å². The second-order valence-electron chi connectivity index (χ2n) is 19.0. The third kappa shape index (κ3) is 7.81. The molecule has 11 aromatic rings. The van der Waals surface area contributed by atoms with Crippen LogP contribution < -0.4 is 9.80 Å². The van der Waals surface area contributed by atoms with Crippen LogP contribution in [0.3, 0.4) is 0 Å². The first-order chi connectivity index (χ1) is 35.1. The van der Waals surface area contributed by atoms with Crippen molar-refractivity contribution in [2.24, 2.45) is 0 Å². The molecule has 336 valence electrons. The van der Waals surface area contributed by atoms with E-state index in [2.05, 4.69) is 290 Å². The minimum atomic E-state index is 0.257. The van der Waals surface area contributed by atoms with Crippen LogP contribution in [0.5, 0.6) is 0 Å². The van der Waals surface area contributed by atoms with Crippen molar-refractivity contribution in [2.45, 2.75) is 18.9 Å². The summed E-state index contributed by atoms with van der Waals surface area (Å²) in [6, 6.07) is 91.7. The third-order valence-corrected chi connectivity index (χ3v) is 14.6. The second-order valence-corrected chi connectivity index (χ2v) is 19.0. The van der Waals surface area contributed by atoms with Gasteiger partial charge in [-0.1, -0.05) is 212 Å². The molecule has 13 rings (SSSR count). The average molecular weight is 907 g/mol. The van der Waals surface area contributed by atoms with E-state index >= 15 is 0 Å². The summed E-state index contributed by atoms with van der Waals surface area (Å²) < 4.78 is 0. The van der Waals surface area contributed by atoms with Gasteiger partial charge < -0.3 is 9.80 Å². The molecule has 0 saturated carbocycles. The molecule has 2 atom stereocenters. The Morgan fingerprint density at radius 2 is 0.845 bits per heavy atom. The lowest BCUT2D eigenvalue weighted by Crippen LogP contribution is -2.28. The minimum Gasteiger partial charge on any atom is -0.333 e. The molecule has 0 spiro atoms. The van der Waals surface area contributed by atoms with Gasteiger partial charge in [0.05, 0.1) is 6.04 Å². The Labute approximate surface area is 416 Å². The molecule has 0 aromatic heterocycles. The summed E-state index contributed by atoms with van der Waals surface area (Å²) in [6.45, 7) is 2.16. The van der Waals surface area contributed by atoms with Crippen LogP contribution in [0.4, 0.5) is 28.4 Å². The van der Waals surface area contributed by atoms with Crippen LogP contribution in [0.15, 0.2) is 273 Å². The van der Waals surface area contributed by atoms with E-state index < -0.39 is 0 Å². The molecular weight excluding hydrogens is 857 g/mol. The van der Waals surface area contributed by atoms with Gasteiger partial charge in [-0.3, -0.25) is 0 Å². The van der Waals surface area contributed by atoms with E-state index in [9.17, 15) is 0 Å². The number of nitrogens with zero attached hydrogens (tertiary/aromatic N) is 2. The minimum absolute atomic E-state index is 0.257. The molecule has 2 heteroatoms. The fourth-order valence-electron chi connectivity index (χ4n) is 11.1. The van der Waals surface area contributed by atoms with E-state index in [1.807, 2.05) is 0 Å². The fourth-order valence-corrected chi connectivity index (χ4v) is 11.1. The van der Waals surface area contributed by atoms with Crippen molar-refractivity contribution in [2.75, 3.05) is 9.80 Å². The van der Waals surface area contributed by atoms with Crippen molar-refractivity contribution in [1.82, 2.24) is 0 Å². The van der Waals surface area contributed by atoms with Gasteiger partial charge in [-0.25, -0.2) is 0 Å². The number of fused-ring (bicyclic) bond motifs is 5. The Morgan fingerprint density at radius 1 is 0.352 bits per heavy atom. The second kappa shape index (κ2) is 17.8. The molecule has 2 nitrogen and oxygen atoms in total. The van der Waals surface area contributed by atoms with Crippen LogP contribution in [-0.4, -0.2) is 6.04 Å². The van der Waals surface area contributed by atoms with Crippen molar-refractivity contribution in [3.8, 4) is 55.6 Å². The molecule has 0 amide bonds. The summed E-state index contributed by atoms with van der Waals surface area (Å²) in [7, 11) is 0.